The average Bonchev–Trinajstić information content (AvgIpc) is 3.06. The first-order valence-electron chi connectivity index (χ1n) is 7.46. The molecular formula is C16H21N3O2. The Morgan fingerprint density at radius 1 is 1.19 bits per heavy atom. The molecule has 2 aromatic rings. The van der Waals surface area contributed by atoms with Crippen molar-refractivity contribution in [2.24, 2.45) is 5.73 Å². The van der Waals surface area contributed by atoms with Gasteiger partial charge in [-0.3, -0.25) is 0 Å². The molecule has 1 aromatic carbocycles. The summed E-state index contributed by atoms with van der Waals surface area (Å²) in [6, 6.07) is 7.87. The molecule has 1 aliphatic rings. The quantitative estimate of drug-likeness (QED) is 0.935. The number of nitrogens with zero attached hydrogens (tertiary/aromatic N) is 2. The molecule has 5 heteroatoms. The topological polar surface area (TPSA) is 74.2 Å². The summed E-state index contributed by atoms with van der Waals surface area (Å²) in [6.07, 6.45) is 5.44. The van der Waals surface area contributed by atoms with Crippen LogP contribution in [0.15, 0.2) is 28.8 Å². The molecule has 112 valence electrons. The van der Waals surface area contributed by atoms with Crippen molar-refractivity contribution in [1.29, 1.82) is 0 Å². The molecule has 1 saturated carbocycles. The minimum atomic E-state index is -0.378. The molecule has 0 bridgehead atoms. The summed E-state index contributed by atoms with van der Waals surface area (Å²) < 4.78 is 11.2. The van der Waals surface area contributed by atoms with E-state index in [1.54, 1.807) is 7.11 Å². The lowest BCUT2D eigenvalue weighted by Crippen LogP contribution is -2.32. The van der Waals surface area contributed by atoms with Crippen molar-refractivity contribution in [2.45, 2.75) is 44.2 Å². The number of aromatic nitrogens is 2. The van der Waals surface area contributed by atoms with Gasteiger partial charge in [-0.05, 0) is 30.5 Å². The summed E-state index contributed by atoms with van der Waals surface area (Å²) in [5.74, 6) is 1.21. The minimum absolute atomic E-state index is 0.378. The molecule has 1 fully saturated rings. The Bertz CT molecular complexity index is 586. The fraction of sp³-hybridized carbons (Fsp3) is 0.500. The highest BCUT2D eigenvalue weighted by Crippen LogP contribution is 2.39. The Morgan fingerprint density at radius 3 is 2.52 bits per heavy atom. The van der Waals surface area contributed by atoms with Gasteiger partial charge in [-0.15, -0.1) is 0 Å². The zero-order valence-corrected chi connectivity index (χ0v) is 12.3. The maximum atomic E-state index is 5.75. The lowest BCUT2D eigenvalue weighted by molar-refractivity contribution is -0.0527. The Hall–Kier alpha value is -1.72. The third-order valence-corrected chi connectivity index (χ3v) is 4.32. The lowest BCUT2D eigenvalue weighted by Gasteiger charge is -2.32. The first-order chi connectivity index (χ1) is 10.3. The van der Waals surface area contributed by atoms with E-state index in [0.29, 0.717) is 18.3 Å². The van der Waals surface area contributed by atoms with Gasteiger partial charge in [0.2, 0.25) is 5.82 Å². The Balaban J connectivity index is 1.87. The number of methoxy groups -OCH3 is 1. The molecule has 3 rings (SSSR count). The summed E-state index contributed by atoms with van der Waals surface area (Å²) in [5, 5.41) is 4.17. The molecule has 5 nitrogen and oxygen atoms in total. The summed E-state index contributed by atoms with van der Waals surface area (Å²) >= 11 is 0. The second-order valence-electron chi connectivity index (χ2n) is 5.58. The SMILES string of the molecule is COC1(c2noc(-c3ccc(CN)cc3)n2)CCCCC1. The monoisotopic (exact) mass is 287 g/mol. The van der Waals surface area contributed by atoms with Crippen molar-refractivity contribution in [2.75, 3.05) is 7.11 Å². The molecule has 1 aliphatic carbocycles. The highest BCUT2D eigenvalue weighted by molar-refractivity contribution is 5.53. The van der Waals surface area contributed by atoms with Crippen molar-refractivity contribution in [3.8, 4) is 11.5 Å². The highest BCUT2D eigenvalue weighted by atomic mass is 16.5. The van der Waals surface area contributed by atoms with Crippen LogP contribution < -0.4 is 5.73 Å². The van der Waals surface area contributed by atoms with Crippen LogP contribution in [0.5, 0.6) is 0 Å². The van der Waals surface area contributed by atoms with Crippen molar-refractivity contribution >= 4 is 0 Å². The fourth-order valence-corrected chi connectivity index (χ4v) is 2.95. The molecule has 0 spiro atoms. The maximum Gasteiger partial charge on any atom is 0.258 e. The molecule has 0 unspecified atom stereocenters. The number of benzene rings is 1. The molecule has 0 atom stereocenters. The number of hydrogen-bond donors (Lipinski definition) is 1. The van der Waals surface area contributed by atoms with Crippen LogP contribution in [0.1, 0.15) is 43.5 Å². The normalized spacial score (nSPS) is 17.8. The van der Waals surface area contributed by atoms with E-state index in [9.17, 15) is 0 Å². The Labute approximate surface area is 124 Å². The largest absolute Gasteiger partial charge is 0.370 e. The van der Waals surface area contributed by atoms with Gasteiger partial charge in [0, 0.05) is 19.2 Å². The van der Waals surface area contributed by atoms with E-state index < -0.39 is 0 Å². The predicted octanol–water partition coefficient (Wildman–Crippen LogP) is 3.00. The van der Waals surface area contributed by atoms with E-state index in [1.165, 1.54) is 6.42 Å². The van der Waals surface area contributed by atoms with Crippen LogP contribution in [0.25, 0.3) is 11.5 Å². The van der Waals surface area contributed by atoms with Crippen LogP contribution in [-0.2, 0) is 16.9 Å². The molecule has 0 aliphatic heterocycles. The van der Waals surface area contributed by atoms with E-state index >= 15 is 0 Å². The number of nitrogens with two attached hydrogens (primary N) is 1. The van der Waals surface area contributed by atoms with E-state index in [1.807, 2.05) is 24.3 Å². The van der Waals surface area contributed by atoms with Crippen LogP contribution in [0.3, 0.4) is 0 Å². The van der Waals surface area contributed by atoms with E-state index in [4.69, 9.17) is 15.0 Å². The van der Waals surface area contributed by atoms with Crippen molar-refractivity contribution in [1.82, 2.24) is 10.1 Å². The minimum Gasteiger partial charge on any atom is -0.370 e. The van der Waals surface area contributed by atoms with Gasteiger partial charge >= 0.3 is 0 Å². The molecule has 0 amide bonds. The van der Waals surface area contributed by atoms with Gasteiger partial charge in [0.1, 0.15) is 5.60 Å². The van der Waals surface area contributed by atoms with Crippen LogP contribution in [0.4, 0.5) is 0 Å². The van der Waals surface area contributed by atoms with Gasteiger partial charge in [0.05, 0.1) is 0 Å². The van der Waals surface area contributed by atoms with Crippen LogP contribution in [0.2, 0.25) is 0 Å². The molecule has 2 N–H and O–H groups in total. The second kappa shape index (κ2) is 5.95. The van der Waals surface area contributed by atoms with Crippen molar-refractivity contribution in [3.63, 3.8) is 0 Å². The van der Waals surface area contributed by atoms with Gasteiger partial charge < -0.3 is 15.0 Å². The van der Waals surface area contributed by atoms with E-state index in [2.05, 4.69) is 10.1 Å². The van der Waals surface area contributed by atoms with E-state index in [0.717, 1.165) is 36.8 Å². The standard InChI is InChI=1S/C16H21N3O2/c1-20-16(9-3-2-4-10-16)15-18-14(21-19-15)13-7-5-12(11-17)6-8-13/h5-8H,2-4,9-11,17H2,1H3. The van der Waals surface area contributed by atoms with Gasteiger partial charge in [-0.1, -0.05) is 36.6 Å². The fourth-order valence-electron chi connectivity index (χ4n) is 2.95. The zero-order chi connectivity index (χ0) is 14.7. The lowest BCUT2D eigenvalue weighted by atomic mass is 9.84. The van der Waals surface area contributed by atoms with Gasteiger partial charge in [-0.25, -0.2) is 0 Å². The molecule has 0 saturated heterocycles. The predicted molar refractivity (Wildman–Crippen MR) is 79.4 cm³/mol. The van der Waals surface area contributed by atoms with Crippen LogP contribution >= 0.6 is 0 Å². The Kier molecular flexibility index (Phi) is 4.03. The zero-order valence-electron chi connectivity index (χ0n) is 12.3. The molecule has 21 heavy (non-hydrogen) atoms. The highest BCUT2D eigenvalue weighted by Gasteiger charge is 2.38. The van der Waals surface area contributed by atoms with Crippen molar-refractivity contribution < 1.29 is 9.26 Å². The Morgan fingerprint density at radius 2 is 1.90 bits per heavy atom. The van der Waals surface area contributed by atoms with Crippen molar-refractivity contribution in [3.05, 3.63) is 35.7 Å². The smallest absolute Gasteiger partial charge is 0.258 e. The molecule has 1 heterocycles. The average molecular weight is 287 g/mol. The summed E-state index contributed by atoms with van der Waals surface area (Å²) in [4.78, 5) is 4.57. The third kappa shape index (κ3) is 2.71. The van der Waals surface area contributed by atoms with Gasteiger partial charge in [0.15, 0.2) is 0 Å². The summed E-state index contributed by atoms with van der Waals surface area (Å²) in [6.45, 7) is 0.530. The first-order valence-corrected chi connectivity index (χ1v) is 7.46. The second-order valence-corrected chi connectivity index (χ2v) is 5.58. The van der Waals surface area contributed by atoms with Gasteiger partial charge in [0.25, 0.3) is 5.89 Å². The maximum absolute atomic E-state index is 5.75. The summed E-state index contributed by atoms with van der Waals surface area (Å²) in [5.41, 5.74) is 7.22. The molecule has 1 aromatic heterocycles. The number of hydrogen-bond acceptors (Lipinski definition) is 5. The van der Waals surface area contributed by atoms with Gasteiger partial charge in [-0.2, -0.15) is 4.98 Å². The number of rotatable bonds is 4. The number of ether oxygens (including phenoxy) is 1. The van der Waals surface area contributed by atoms with Crippen LogP contribution in [0, 0.1) is 0 Å². The third-order valence-electron chi connectivity index (χ3n) is 4.32. The summed E-state index contributed by atoms with van der Waals surface area (Å²) in [7, 11) is 1.73. The molecular weight excluding hydrogens is 266 g/mol. The molecule has 0 radical (unpaired) electrons. The van der Waals surface area contributed by atoms with Crippen LogP contribution in [-0.4, -0.2) is 17.3 Å². The first kappa shape index (κ1) is 14.2. The van der Waals surface area contributed by atoms with E-state index in [-0.39, 0.29) is 5.60 Å².